The van der Waals surface area contributed by atoms with Gasteiger partial charge in [-0.1, -0.05) is 36.8 Å². The van der Waals surface area contributed by atoms with Crippen LogP contribution in [0, 0.1) is 18.8 Å². The molecule has 0 aliphatic carbocycles. The number of benzene rings is 1. The molecule has 0 bridgehead atoms. The van der Waals surface area contributed by atoms with E-state index in [4.69, 9.17) is 0 Å². The van der Waals surface area contributed by atoms with Gasteiger partial charge in [0.25, 0.3) is 5.56 Å². The van der Waals surface area contributed by atoms with Crippen LogP contribution in [0.15, 0.2) is 47.3 Å². The van der Waals surface area contributed by atoms with Crippen LogP contribution in [-0.2, 0) is 22.7 Å². The Bertz CT molecular complexity index is 996. The Morgan fingerprint density at radius 3 is 2.47 bits per heavy atom. The van der Waals surface area contributed by atoms with Crippen molar-refractivity contribution in [2.24, 2.45) is 11.8 Å². The molecule has 0 spiro atoms. The SMILES string of the molecule is Cc1ccc(=O)n(CC(=O)N2CCC([C@@H]3CCCCN(Cc4ccccc4)C3=O)CC2)n1. The largest absolute Gasteiger partial charge is 0.341 e. The van der Waals surface area contributed by atoms with E-state index in [2.05, 4.69) is 17.2 Å². The molecule has 4 rings (SSSR count). The summed E-state index contributed by atoms with van der Waals surface area (Å²) in [5.41, 5.74) is 1.62. The molecule has 0 saturated carbocycles. The lowest BCUT2D eigenvalue weighted by Crippen LogP contribution is -2.45. The van der Waals surface area contributed by atoms with E-state index in [1.807, 2.05) is 28.0 Å². The number of rotatable bonds is 5. The zero-order valence-electron chi connectivity index (χ0n) is 18.8. The van der Waals surface area contributed by atoms with Crippen molar-refractivity contribution >= 4 is 11.8 Å². The smallest absolute Gasteiger partial charge is 0.267 e. The molecule has 3 heterocycles. The summed E-state index contributed by atoms with van der Waals surface area (Å²) < 4.78 is 1.24. The van der Waals surface area contributed by atoms with Gasteiger partial charge in [0.2, 0.25) is 11.8 Å². The summed E-state index contributed by atoms with van der Waals surface area (Å²) in [4.78, 5) is 41.9. The highest BCUT2D eigenvalue weighted by molar-refractivity contribution is 5.79. The van der Waals surface area contributed by atoms with E-state index in [0.29, 0.717) is 31.2 Å². The lowest BCUT2D eigenvalue weighted by atomic mass is 9.81. The number of likely N-dealkylation sites (tertiary alicyclic amines) is 2. The Labute approximate surface area is 189 Å². The third kappa shape index (κ3) is 5.26. The van der Waals surface area contributed by atoms with E-state index in [-0.39, 0.29) is 29.8 Å². The molecule has 32 heavy (non-hydrogen) atoms. The molecule has 1 aromatic carbocycles. The normalized spacial score (nSPS) is 20.3. The van der Waals surface area contributed by atoms with Gasteiger partial charge in [-0.05, 0) is 50.2 Å². The first-order valence-electron chi connectivity index (χ1n) is 11.7. The van der Waals surface area contributed by atoms with Gasteiger partial charge < -0.3 is 9.80 Å². The first kappa shape index (κ1) is 22.2. The third-order valence-electron chi connectivity index (χ3n) is 6.78. The van der Waals surface area contributed by atoms with Crippen LogP contribution in [0.5, 0.6) is 0 Å². The summed E-state index contributed by atoms with van der Waals surface area (Å²) in [6.45, 7) is 4.53. The maximum atomic E-state index is 13.4. The summed E-state index contributed by atoms with van der Waals surface area (Å²) in [6.07, 6.45) is 4.72. The molecule has 2 aliphatic rings. The first-order valence-corrected chi connectivity index (χ1v) is 11.7. The lowest BCUT2D eigenvalue weighted by Gasteiger charge is -2.36. The number of hydrogen-bond donors (Lipinski definition) is 0. The van der Waals surface area contributed by atoms with Gasteiger partial charge in [0.15, 0.2) is 0 Å². The van der Waals surface area contributed by atoms with Crippen molar-refractivity contribution < 1.29 is 9.59 Å². The van der Waals surface area contributed by atoms with E-state index in [1.54, 1.807) is 13.0 Å². The van der Waals surface area contributed by atoms with Crippen LogP contribution in [0.25, 0.3) is 0 Å². The molecule has 0 radical (unpaired) electrons. The zero-order valence-corrected chi connectivity index (χ0v) is 18.8. The second-order valence-electron chi connectivity index (χ2n) is 9.04. The van der Waals surface area contributed by atoms with Gasteiger partial charge in [-0.2, -0.15) is 5.10 Å². The van der Waals surface area contributed by atoms with Gasteiger partial charge in [-0.15, -0.1) is 0 Å². The molecular formula is C25H32N4O3. The molecule has 2 aromatic rings. The molecule has 2 saturated heterocycles. The number of nitrogens with zero attached hydrogens (tertiary/aromatic N) is 4. The minimum atomic E-state index is -0.263. The molecule has 7 nitrogen and oxygen atoms in total. The Balaban J connectivity index is 1.35. The summed E-state index contributed by atoms with van der Waals surface area (Å²) in [5, 5.41) is 4.17. The maximum Gasteiger partial charge on any atom is 0.267 e. The van der Waals surface area contributed by atoms with E-state index in [9.17, 15) is 14.4 Å². The van der Waals surface area contributed by atoms with Gasteiger partial charge in [0.05, 0.1) is 5.69 Å². The van der Waals surface area contributed by atoms with Crippen LogP contribution in [0.4, 0.5) is 0 Å². The molecule has 170 valence electrons. The van der Waals surface area contributed by atoms with Gasteiger partial charge in [0.1, 0.15) is 6.54 Å². The second-order valence-corrected chi connectivity index (χ2v) is 9.04. The maximum absolute atomic E-state index is 13.4. The molecule has 1 aromatic heterocycles. The molecule has 2 fully saturated rings. The highest BCUT2D eigenvalue weighted by atomic mass is 16.2. The fourth-order valence-electron chi connectivity index (χ4n) is 4.98. The van der Waals surface area contributed by atoms with Crippen LogP contribution < -0.4 is 5.56 Å². The fraction of sp³-hybridized carbons (Fsp3) is 0.520. The predicted octanol–water partition coefficient (Wildman–Crippen LogP) is 2.62. The topological polar surface area (TPSA) is 75.5 Å². The monoisotopic (exact) mass is 436 g/mol. The zero-order chi connectivity index (χ0) is 22.5. The fourth-order valence-corrected chi connectivity index (χ4v) is 4.98. The number of carbonyl (C=O) groups is 2. The Hall–Kier alpha value is -2.96. The van der Waals surface area contributed by atoms with Crippen molar-refractivity contribution in [3.8, 4) is 0 Å². The number of carbonyl (C=O) groups excluding carboxylic acids is 2. The van der Waals surface area contributed by atoms with Crippen LogP contribution in [-0.4, -0.2) is 51.0 Å². The Kier molecular flexibility index (Phi) is 7.02. The summed E-state index contributed by atoms with van der Waals surface area (Å²) >= 11 is 0. The van der Waals surface area contributed by atoms with E-state index in [1.165, 1.54) is 16.3 Å². The van der Waals surface area contributed by atoms with E-state index in [0.717, 1.165) is 38.6 Å². The van der Waals surface area contributed by atoms with Crippen molar-refractivity contribution in [3.05, 3.63) is 64.1 Å². The molecule has 0 unspecified atom stereocenters. The number of amides is 2. The standard InChI is InChI=1S/C25H32N4O3/c1-19-10-11-23(30)29(26-19)18-24(31)27-15-12-21(13-16-27)22-9-5-6-14-28(25(22)32)17-20-7-3-2-4-8-20/h2-4,7-8,10-11,21-22H,5-6,9,12-18H2,1H3/t22-/m0/s1. The molecular weight excluding hydrogens is 404 g/mol. The van der Waals surface area contributed by atoms with Gasteiger partial charge in [-0.3, -0.25) is 14.4 Å². The summed E-state index contributed by atoms with van der Waals surface area (Å²) in [6, 6.07) is 13.3. The van der Waals surface area contributed by atoms with Gasteiger partial charge in [-0.25, -0.2) is 4.68 Å². The van der Waals surface area contributed by atoms with Crippen LogP contribution >= 0.6 is 0 Å². The predicted molar refractivity (Wildman–Crippen MR) is 122 cm³/mol. The minimum absolute atomic E-state index is 0.0294. The Morgan fingerprint density at radius 2 is 1.72 bits per heavy atom. The minimum Gasteiger partial charge on any atom is -0.341 e. The number of piperidine rings is 1. The van der Waals surface area contributed by atoms with Gasteiger partial charge >= 0.3 is 0 Å². The summed E-state index contributed by atoms with van der Waals surface area (Å²) in [7, 11) is 0. The quantitative estimate of drug-likeness (QED) is 0.722. The number of aromatic nitrogens is 2. The van der Waals surface area contributed by atoms with Crippen molar-refractivity contribution in [3.63, 3.8) is 0 Å². The molecule has 7 heteroatoms. The first-order chi connectivity index (χ1) is 15.5. The second kappa shape index (κ2) is 10.1. The average molecular weight is 437 g/mol. The van der Waals surface area contributed by atoms with Crippen molar-refractivity contribution in [1.29, 1.82) is 0 Å². The van der Waals surface area contributed by atoms with Crippen molar-refractivity contribution in [2.45, 2.75) is 52.1 Å². The van der Waals surface area contributed by atoms with Crippen molar-refractivity contribution in [1.82, 2.24) is 19.6 Å². The molecule has 2 aliphatic heterocycles. The van der Waals surface area contributed by atoms with E-state index < -0.39 is 0 Å². The van der Waals surface area contributed by atoms with Crippen LogP contribution in [0.1, 0.15) is 43.4 Å². The molecule has 0 N–H and O–H groups in total. The third-order valence-corrected chi connectivity index (χ3v) is 6.78. The van der Waals surface area contributed by atoms with Gasteiger partial charge in [0, 0.05) is 38.2 Å². The van der Waals surface area contributed by atoms with Crippen molar-refractivity contribution in [2.75, 3.05) is 19.6 Å². The lowest BCUT2D eigenvalue weighted by molar-refractivity contribution is -0.139. The molecule has 2 amide bonds. The number of aryl methyl sites for hydroxylation is 1. The average Bonchev–Trinajstić information content (AvgIpc) is 2.98. The highest BCUT2D eigenvalue weighted by Gasteiger charge is 2.35. The Morgan fingerprint density at radius 1 is 0.969 bits per heavy atom. The number of hydrogen-bond acceptors (Lipinski definition) is 4. The van der Waals surface area contributed by atoms with Crippen LogP contribution in [0.2, 0.25) is 0 Å². The summed E-state index contributed by atoms with van der Waals surface area (Å²) in [5.74, 6) is 0.537. The van der Waals surface area contributed by atoms with Crippen LogP contribution in [0.3, 0.4) is 0 Å². The molecule has 1 atom stereocenters. The highest BCUT2D eigenvalue weighted by Crippen LogP contribution is 2.32. The van der Waals surface area contributed by atoms with E-state index >= 15 is 0 Å².